The molecular weight excluding hydrogens is 354 g/mol. The SMILES string of the molecule is CCCNC(c1cc(Cl)cc(Br)c1)c1nccnc1OC. The summed E-state index contributed by atoms with van der Waals surface area (Å²) in [4.78, 5) is 8.66. The number of nitrogens with one attached hydrogen (secondary N) is 1. The summed E-state index contributed by atoms with van der Waals surface area (Å²) in [5.74, 6) is 0.516. The van der Waals surface area contributed by atoms with Crippen molar-refractivity contribution in [1.82, 2.24) is 15.3 Å². The van der Waals surface area contributed by atoms with Crippen molar-refractivity contribution in [2.45, 2.75) is 19.4 Å². The first-order valence-corrected chi connectivity index (χ1v) is 7.87. The molecule has 4 nitrogen and oxygen atoms in total. The van der Waals surface area contributed by atoms with E-state index >= 15 is 0 Å². The van der Waals surface area contributed by atoms with E-state index in [0.717, 1.165) is 28.7 Å². The predicted molar refractivity (Wildman–Crippen MR) is 87.9 cm³/mol. The summed E-state index contributed by atoms with van der Waals surface area (Å²) in [7, 11) is 1.60. The van der Waals surface area contributed by atoms with Crippen molar-refractivity contribution in [3.63, 3.8) is 0 Å². The van der Waals surface area contributed by atoms with Gasteiger partial charge in [0.15, 0.2) is 0 Å². The lowest BCUT2D eigenvalue weighted by Crippen LogP contribution is -2.25. The number of nitrogens with zero attached hydrogens (tertiary/aromatic N) is 2. The number of hydrogen-bond acceptors (Lipinski definition) is 4. The van der Waals surface area contributed by atoms with Gasteiger partial charge >= 0.3 is 0 Å². The summed E-state index contributed by atoms with van der Waals surface area (Å²) < 4.78 is 6.26. The summed E-state index contributed by atoms with van der Waals surface area (Å²) in [6, 6.07) is 5.68. The van der Waals surface area contributed by atoms with E-state index in [9.17, 15) is 0 Å². The third-order valence-electron chi connectivity index (χ3n) is 2.97. The normalized spacial score (nSPS) is 12.2. The number of halogens is 2. The van der Waals surface area contributed by atoms with Gasteiger partial charge in [0.2, 0.25) is 5.88 Å². The fourth-order valence-electron chi connectivity index (χ4n) is 2.09. The number of rotatable bonds is 6. The molecule has 0 radical (unpaired) electrons. The maximum Gasteiger partial charge on any atom is 0.237 e. The molecule has 0 aliphatic carbocycles. The average molecular weight is 371 g/mol. The number of aromatic nitrogens is 2. The van der Waals surface area contributed by atoms with Crippen molar-refractivity contribution in [3.8, 4) is 5.88 Å². The van der Waals surface area contributed by atoms with Crippen molar-refractivity contribution >= 4 is 27.5 Å². The molecule has 0 aliphatic heterocycles. The van der Waals surface area contributed by atoms with Gasteiger partial charge < -0.3 is 10.1 Å². The Labute approximate surface area is 138 Å². The van der Waals surface area contributed by atoms with E-state index in [-0.39, 0.29) is 6.04 Å². The molecule has 0 amide bonds. The van der Waals surface area contributed by atoms with Crippen LogP contribution >= 0.6 is 27.5 Å². The first-order chi connectivity index (χ1) is 10.2. The Balaban J connectivity index is 2.46. The highest BCUT2D eigenvalue weighted by molar-refractivity contribution is 9.10. The zero-order chi connectivity index (χ0) is 15.2. The number of benzene rings is 1. The van der Waals surface area contributed by atoms with Crippen LogP contribution in [0.2, 0.25) is 5.02 Å². The van der Waals surface area contributed by atoms with E-state index in [4.69, 9.17) is 16.3 Å². The van der Waals surface area contributed by atoms with Gasteiger partial charge in [-0.15, -0.1) is 0 Å². The lowest BCUT2D eigenvalue weighted by Gasteiger charge is -2.20. The van der Waals surface area contributed by atoms with E-state index in [2.05, 4.69) is 38.1 Å². The van der Waals surface area contributed by atoms with Crippen LogP contribution in [-0.4, -0.2) is 23.6 Å². The Kier molecular flexibility index (Phi) is 5.96. The molecular formula is C15H17BrClN3O. The zero-order valence-electron chi connectivity index (χ0n) is 11.9. The summed E-state index contributed by atoms with van der Waals surface area (Å²) in [6.45, 7) is 2.97. The molecule has 0 saturated carbocycles. The van der Waals surface area contributed by atoms with Crippen LogP contribution in [-0.2, 0) is 0 Å². The van der Waals surface area contributed by atoms with Crippen LogP contribution in [0.3, 0.4) is 0 Å². The fourth-order valence-corrected chi connectivity index (χ4v) is 2.98. The van der Waals surface area contributed by atoms with Gasteiger partial charge in [-0.1, -0.05) is 34.5 Å². The van der Waals surface area contributed by atoms with Crippen LogP contribution in [0.5, 0.6) is 5.88 Å². The largest absolute Gasteiger partial charge is 0.480 e. The van der Waals surface area contributed by atoms with Crippen LogP contribution in [0, 0.1) is 0 Å². The van der Waals surface area contributed by atoms with Gasteiger partial charge in [-0.25, -0.2) is 4.98 Å². The molecule has 0 saturated heterocycles. The maximum atomic E-state index is 6.16. The molecule has 1 atom stereocenters. The summed E-state index contributed by atoms with van der Waals surface area (Å²) >= 11 is 9.64. The van der Waals surface area contributed by atoms with Gasteiger partial charge in [-0.05, 0) is 36.7 Å². The van der Waals surface area contributed by atoms with Crippen LogP contribution in [0.4, 0.5) is 0 Å². The molecule has 0 fully saturated rings. The molecule has 21 heavy (non-hydrogen) atoms. The molecule has 2 rings (SSSR count). The van der Waals surface area contributed by atoms with E-state index in [0.29, 0.717) is 10.9 Å². The van der Waals surface area contributed by atoms with Crippen LogP contribution in [0.15, 0.2) is 35.1 Å². The minimum Gasteiger partial charge on any atom is -0.480 e. The molecule has 1 N–H and O–H groups in total. The second-order valence-corrected chi connectivity index (χ2v) is 5.89. The first kappa shape index (κ1) is 16.2. The number of methoxy groups -OCH3 is 1. The van der Waals surface area contributed by atoms with Crippen LogP contribution < -0.4 is 10.1 Å². The minimum atomic E-state index is -0.122. The Morgan fingerprint density at radius 2 is 2.05 bits per heavy atom. The monoisotopic (exact) mass is 369 g/mol. The summed E-state index contributed by atoms with van der Waals surface area (Å²) in [5.41, 5.74) is 1.77. The third kappa shape index (κ3) is 4.15. The van der Waals surface area contributed by atoms with Crippen LogP contribution in [0.1, 0.15) is 30.6 Å². The van der Waals surface area contributed by atoms with Gasteiger partial charge in [0, 0.05) is 21.9 Å². The highest BCUT2D eigenvalue weighted by Crippen LogP contribution is 2.30. The van der Waals surface area contributed by atoms with Gasteiger partial charge in [0.25, 0.3) is 0 Å². The highest BCUT2D eigenvalue weighted by Gasteiger charge is 2.20. The number of hydrogen-bond donors (Lipinski definition) is 1. The standard InChI is InChI=1S/C15H17BrClN3O/c1-3-4-18-13(10-7-11(16)9-12(17)8-10)14-15(21-2)20-6-5-19-14/h5-9,13,18H,3-4H2,1-2H3. The Morgan fingerprint density at radius 3 is 2.71 bits per heavy atom. The van der Waals surface area contributed by atoms with Crippen molar-refractivity contribution in [1.29, 1.82) is 0 Å². The van der Waals surface area contributed by atoms with Gasteiger partial charge in [-0.3, -0.25) is 4.98 Å². The zero-order valence-corrected chi connectivity index (χ0v) is 14.3. The molecule has 1 heterocycles. The van der Waals surface area contributed by atoms with Crippen molar-refractivity contribution in [2.75, 3.05) is 13.7 Å². The van der Waals surface area contributed by atoms with Gasteiger partial charge in [0.05, 0.1) is 13.2 Å². The van der Waals surface area contributed by atoms with Crippen molar-refractivity contribution < 1.29 is 4.74 Å². The summed E-state index contributed by atoms with van der Waals surface area (Å²) in [5, 5.41) is 4.14. The second-order valence-electron chi connectivity index (χ2n) is 4.54. The summed E-state index contributed by atoms with van der Waals surface area (Å²) in [6.07, 6.45) is 4.30. The smallest absolute Gasteiger partial charge is 0.237 e. The molecule has 1 unspecified atom stereocenters. The maximum absolute atomic E-state index is 6.16. The molecule has 1 aromatic heterocycles. The lowest BCUT2D eigenvalue weighted by molar-refractivity contribution is 0.382. The Morgan fingerprint density at radius 1 is 1.29 bits per heavy atom. The second kappa shape index (κ2) is 7.73. The van der Waals surface area contributed by atoms with E-state index < -0.39 is 0 Å². The molecule has 6 heteroatoms. The van der Waals surface area contributed by atoms with Crippen molar-refractivity contribution in [3.05, 3.63) is 51.3 Å². The molecule has 2 aromatic rings. The predicted octanol–water partition coefficient (Wildman–Crippen LogP) is 3.99. The van der Waals surface area contributed by atoms with Gasteiger partial charge in [0.1, 0.15) is 5.69 Å². The van der Waals surface area contributed by atoms with E-state index in [1.807, 2.05) is 18.2 Å². The minimum absolute atomic E-state index is 0.122. The molecule has 112 valence electrons. The highest BCUT2D eigenvalue weighted by atomic mass is 79.9. The topological polar surface area (TPSA) is 47.0 Å². The first-order valence-electron chi connectivity index (χ1n) is 6.70. The van der Waals surface area contributed by atoms with Crippen LogP contribution in [0.25, 0.3) is 0 Å². The molecule has 0 spiro atoms. The fraction of sp³-hybridized carbons (Fsp3) is 0.333. The average Bonchev–Trinajstić information content (AvgIpc) is 2.47. The van der Waals surface area contributed by atoms with Gasteiger partial charge in [-0.2, -0.15) is 0 Å². The quantitative estimate of drug-likeness (QED) is 0.835. The molecule has 1 aromatic carbocycles. The Bertz CT molecular complexity index is 589. The molecule has 0 bridgehead atoms. The molecule has 0 aliphatic rings. The van der Waals surface area contributed by atoms with E-state index in [1.54, 1.807) is 19.5 Å². The number of ether oxygens (including phenoxy) is 1. The van der Waals surface area contributed by atoms with Crippen molar-refractivity contribution in [2.24, 2.45) is 0 Å². The third-order valence-corrected chi connectivity index (χ3v) is 3.65. The Hall–Kier alpha value is -1.17. The lowest BCUT2D eigenvalue weighted by atomic mass is 10.0. The van der Waals surface area contributed by atoms with E-state index in [1.165, 1.54) is 0 Å².